The molecule has 1 rings (SSSR count). The number of hydrogen-bond donors (Lipinski definition) is 1. The lowest BCUT2D eigenvalue weighted by Gasteiger charge is -2.11. The summed E-state index contributed by atoms with van der Waals surface area (Å²) in [6.45, 7) is 9.64. The summed E-state index contributed by atoms with van der Waals surface area (Å²) in [5.41, 5.74) is 3.57. The zero-order valence-electron chi connectivity index (χ0n) is 9.86. The molecule has 16 heavy (non-hydrogen) atoms. The van der Waals surface area contributed by atoms with Crippen molar-refractivity contribution < 1.29 is 4.79 Å². The summed E-state index contributed by atoms with van der Waals surface area (Å²) in [4.78, 5) is 11.4. The molecular formula is C13H16ClNO. The van der Waals surface area contributed by atoms with Gasteiger partial charge in [0.25, 0.3) is 0 Å². The van der Waals surface area contributed by atoms with Crippen molar-refractivity contribution in [3.8, 4) is 0 Å². The van der Waals surface area contributed by atoms with Gasteiger partial charge in [-0.05, 0) is 37.5 Å². The highest BCUT2D eigenvalue weighted by molar-refractivity contribution is 6.32. The fourth-order valence-corrected chi connectivity index (χ4v) is 1.65. The minimum Gasteiger partial charge on any atom is -0.348 e. The molecule has 1 amide bonds. The molecule has 0 aromatic heterocycles. The normalized spacial score (nSPS) is 10.0. The number of nitrogens with one attached hydrogen (secondary N) is 1. The maximum Gasteiger partial charge on any atom is 0.246 e. The maximum absolute atomic E-state index is 11.4. The van der Waals surface area contributed by atoms with Gasteiger partial charge < -0.3 is 5.32 Å². The first-order valence-electron chi connectivity index (χ1n) is 5.11. The Labute approximate surface area is 101 Å². The highest BCUT2D eigenvalue weighted by atomic mass is 35.5. The summed E-state index contributed by atoms with van der Waals surface area (Å²) < 4.78 is 0. The van der Waals surface area contributed by atoms with Gasteiger partial charge in [-0.1, -0.05) is 30.3 Å². The molecule has 0 spiro atoms. The molecule has 0 radical (unpaired) electrons. The van der Waals surface area contributed by atoms with Gasteiger partial charge in [0.15, 0.2) is 0 Å². The highest BCUT2D eigenvalue weighted by Gasteiger charge is 2.08. The number of carbonyl (C=O) groups is 1. The van der Waals surface area contributed by atoms with Gasteiger partial charge >= 0.3 is 0 Å². The number of rotatable bonds is 3. The molecule has 1 aromatic rings. The molecule has 1 aromatic carbocycles. The van der Waals surface area contributed by atoms with Gasteiger partial charge in [-0.25, -0.2) is 0 Å². The first kappa shape index (κ1) is 12.8. The SMILES string of the molecule is C=C(C)C(=O)NCc1c(C)ccc(C)c1Cl. The molecular weight excluding hydrogens is 222 g/mol. The van der Waals surface area contributed by atoms with Crippen LogP contribution in [0.3, 0.4) is 0 Å². The van der Waals surface area contributed by atoms with Crippen molar-refractivity contribution in [1.82, 2.24) is 5.32 Å². The minimum atomic E-state index is -0.142. The molecule has 0 fully saturated rings. The quantitative estimate of drug-likeness (QED) is 0.804. The molecule has 0 aliphatic rings. The van der Waals surface area contributed by atoms with Crippen molar-refractivity contribution in [3.63, 3.8) is 0 Å². The first-order chi connectivity index (χ1) is 7.43. The van der Waals surface area contributed by atoms with E-state index in [1.54, 1.807) is 6.92 Å². The van der Waals surface area contributed by atoms with E-state index in [9.17, 15) is 4.79 Å². The first-order valence-corrected chi connectivity index (χ1v) is 5.49. The van der Waals surface area contributed by atoms with E-state index in [1.165, 1.54) is 0 Å². The zero-order chi connectivity index (χ0) is 12.3. The Morgan fingerprint density at radius 3 is 2.50 bits per heavy atom. The standard InChI is InChI=1S/C13H16ClNO/c1-8(2)13(16)15-7-11-9(3)5-6-10(4)12(11)14/h5-6H,1,7H2,2-4H3,(H,15,16). The Bertz CT molecular complexity index is 438. The Morgan fingerprint density at radius 1 is 1.38 bits per heavy atom. The topological polar surface area (TPSA) is 29.1 Å². The fraction of sp³-hybridized carbons (Fsp3) is 0.308. The lowest BCUT2D eigenvalue weighted by molar-refractivity contribution is -0.117. The molecule has 3 heteroatoms. The second kappa shape index (κ2) is 5.17. The number of aryl methyl sites for hydroxylation is 2. The van der Waals surface area contributed by atoms with Crippen LogP contribution in [0.1, 0.15) is 23.6 Å². The van der Waals surface area contributed by atoms with Crippen LogP contribution in [0.2, 0.25) is 5.02 Å². The van der Waals surface area contributed by atoms with E-state index in [-0.39, 0.29) is 5.91 Å². The number of benzene rings is 1. The van der Waals surface area contributed by atoms with Crippen LogP contribution in [0.4, 0.5) is 0 Å². The predicted octanol–water partition coefficient (Wildman–Crippen LogP) is 3.15. The average molecular weight is 238 g/mol. The fourth-order valence-electron chi connectivity index (χ4n) is 1.37. The molecule has 0 unspecified atom stereocenters. The van der Waals surface area contributed by atoms with Gasteiger partial charge in [0.2, 0.25) is 5.91 Å². The van der Waals surface area contributed by atoms with Crippen LogP contribution in [0.15, 0.2) is 24.3 Å². The van der Waals surface area contributed by atoms with Crippen molar-refractivity contribution >= 4 is 17.5 Å². The summed E-state index contributed by atoms with van der Waals surface area (Å²) in [5.74, 6) is -0.142. The summed E-state index contributed by atoms with van der Waals surface area (Å²) in [6, 6.07) is 3.98. The minimum absolute atomic E-state index is 0.142. The van der Waals surface area contributed by atoms with Gasteiger partial charge in [-0.3, -0.25) is 4.79 Å². The average Bonchev–Trinajstić information content (AvgIpc) is 2.23. The van der Waals surface area contributed by atoms with Crippen LogP contribution in [-0.2, 0) is 11.3 Å². The monoisotopic (exact) mass is 237 g/mol. The molecule has 0 saturated heterocycles. The van der Waals surface area contributed by atoms with Crippen molar-refractivity contribution in [1.29, 1.82) is 0 Å². The van der Waals surface area contributed by atoms with Gasteiger partial charge in [0.05, 0.1) is 0 Å². The molecule has 0 saturated carbocycles. The molecule has 0 aliphatic heterocycles. The molecule has 86 valence electrons. The highest BCUT2D eigenvalue weighted by Crippen LogP contribution is 2.23. The zero-order valence-corrected chi connectivity index (χ0v) is 10.6. The summed E-state index contributed by atoms with van der Waals surface area (Å²) >= 11 is 6.19. The largest absolute Gasteiger partial charge is 0.348 e. The van der Waals surface area contributed by atoms with Crippen LogP contribution < -0.4 is 5.32 Å². The van der Waals surface area contributed by atoms with E-state index in [2.05, 4.69) is 11.9 Å². The smallest absolute Gasteiger partial charge is 0.246 e. The third-order valence-electron chi connectivity index (χ3n) is 2.48. The Morgan fingerprint density at radius 2 is 1.94 bits per heavy atom. The molecule has 0 atom stereocenters. The molecule has 2 nitrogen and oxygen atoms in total. The van der Waals surface area contributed by atoms with E-state index in [4.69, 9.17) is 11.6 Å². The van der Waals surface area contributed by atoms with Gasteiger partial charge in [-0.15, -0.1) is 0 Å². The van der Waals surface area contributed by atoms with Crippen LogP contribution >= 0.6 is 11.6 Å². The van der Waals surface area contributed by atoms with E-state index in [0.29, 0.717) is 12.1 Å². The van der Waals surface area contributed by atoms with Crippen LogP contribution in [0.25, 0.3) is 0 Å². The van der Waals surface area contributed by atoms with E-state index >= 15 is 0 Å². The van der Waals surface area contributed by atoms with Crippen LogP contribution in [0.5, 0.6) is 0 Å². The lowest BCUT2D eigenvalue weighted by Crippen LogP contribution is -2.23. The Balaban J connectivity index is 2.85. The summed E-state index contributed by atoms with van der Waals surface area (Å²) in [6.07, 6.45) is 0. The van der Waals surface area contributed by atoms with Gasteiger partial charge in [-0.2, -0.15) is 0 Å². The van der Waals surface area contributed by atoms with Crippen molar-refractivity contribution in [2.75, 3.05) is 0 Å². The van der Waals surface area contributed by atoms with E-state index in [1.807, 2.05) is 26.0 Å². The number of amides is 1. The summed E-state index contributed by atoms with van der Waals surface area (Å²) in [7, 11) is 0. The van der Waals surface area contributed by atoms with Crippen LogP contribution in [-0.4, -0.2) is 5.91 Å². The van der Waals surface area contributed by atoms with E-state index in [0.717, 1.165) is 21.7 Å². The van der Waals surface area contributed by atoms with Gasteiger partial charge in [0.1, 0.15) is 0 Å². The van der Waals surface area contributed by atoms with Crippen LogP contribution in [0, 0.1) is 13.8 Å². The second-order valence-electron chi connectivity index (χ2n) is 3.95. The van der Waals surface area contributed by atoms with Crippen molar-refractivity contribution in [2.24, 2.45) is 0 Å². The Kier molecular flexibility index (Phi) is 4.13. The number of carbonyl (C=O) groups excluding carboxylic acids is 1. The molecule has 0 bridgehead atoms. The molecule has 0 heterocycles. The second-order valence-corrected chi connectivity index (χ2v) is 4.33. The molecule has 0 aliphatic carbocycles. The maximum atomic E-state index is 11.4. The summed E-state index contributed by atoms with van der Waals surface area (Å²) in [5, 5.41) is 3.51. The van der Waals surface area contributed by atoms with Crippen molar-refractivity contribution in [2.45, 2.75) is 27.3 Å². The third kappa shape index (κ3) is 2.86. The predicted molar refractivity (Wildman–Crippen MR) is 67.6 cm³/mol. The lowest BCUT2D eigenvalue weighted by atomic mass is 10.1. The number of hydrogen-bond acceptors (Lipinski definition) is 1. The van der Waals surface area contributed by atoms with Crippen molar-refractivity contribution in [3.05, 3.63) is 46.0 Å². The van der Waals surface area contributed by atoms with Gasteiger partial charge in [0, 0.05) is 17.1 Å². The number of halogens is 1. The third-order valence-corrected chi connectivity index (χ3v) is 3.01. The Hall–Kier alpha value is -1.28. The van der Waals surface area contributed by atoms with E-state index < -0.39 is 0 Å². The molecule has 1 N–H and O–H groups in total.